The molecule has 0 aliphatic carbocycles. The van der Waals surface area contributed by atoms with Crippen LogP contribution < -0.4 is 5.32 Å². The van der Waals surface area contributed by atoms with E-state index in [2.05, 4.69) is 55.9 Å². The van der Waals surface area contributed by atoms with Gasteiger partial charge < -0.3 is 9.88 Å². The molecule has 1 N–H and O–H groups in total. The van der Waals surface area contributed by atoms with Crippen molar-refractivity contribution in [3.63, 3.8) is 0 Å². The van der Waals surface area contributed by atoms with Gasteiger partial charge in [0.15, 0.2) is 0 Å². The molecule has 21 heavy (non-hydrogen) atoms. The number of rotatable bonds is 2. The normalized spacial score (nSPS) is 20.1. The first-order valence-electron chi connectivity index (χ1n) is 8.14. The van der Waals surface area contributed by atoms with Gasteiger partial charge in [-0.25, -0.2) is 4.98 Å². The Kier molecular flexibility index (Phi) is 3.78. The van der Waals surface area contributed by atoms with Gasteiger partial charge in [0, 0.05) is 18.5 Å². The summed E-state index contributed by atoms with van der Waals surface area (Å²) in [4.78, 5) is 4.88. The summed E-state index contributed by atoms with van der Waals surface area (Å²) in [7, 11) is 2.12. The number of piperidine rings is 1. The average Bonchev–Trinajstić information content (AvgIpc) is 2.77. The molecule has 3 nitrogen and oxygen atoms in total. The summed E-state index contributed by atoms with van der Waals surface area (Å²) in [6, 6.07) is 7.42. The van der Waals surface area contributed by atoms with Gasteiger partial charge in [0.05, 0.1) is 11.0 Å². The van der Waals surface area contributed by atoms with Gasteiger partial charge in [-0.05, 0) is 43.5 Å². The lowest BCUT2D eigenvalue weighted by atomic mass is 9.96. The van der Waals surface area contributed by atoms with E-state index < -0.39 is 0 Å². The molecule has 1 unspecified atom stereocenters. The molecule has 3 rings (SSSR count). The van der Waals surface area contributed by atoms with Gasteiger partial charge >= 0.3 is 0 Å². The minimum absolute atomic E-state index is 0.0822. The molecule has 1 aliphatic heterocycles. The summed E-state index contributed by atoms with van der Waals surface area (Å²) >= 11 is 0. The van der Waals surface area contributed by atoms with Crippen molar-refractivity contribution < 1.29 is 0 Å². The second-order valence-electron chi connectivity index (χ2n) is 7.42. The minimum Gasteiger partial charge on any atom is -0.331 e. The van der Waals surface area contributed by atoms with Crippen LogP contribution in [0.4, 0.5) is 0 Å². The SMILES string of the molecule is Cn1c(C(C)(C)C)nc2cc(CC3CCCCN3)ccc21. The lowest BCUT2D eigenvalue weighted by molar-refractivity contribution is 0.399. The van der Waals surface area contributed by atoms with Crippen molar-refractivity contribution in [1.29, 1.82) is 0 Å². The van der Waals surface area contributed by atoms with Crippen molar-refractivity contribution in [3.8, 4) is 0 Å². The summed E-state index contributed by atoms with van der Waals surface area (Å²) in [6.07, 6.45) is 5.10. The van der Waals surface area contributed by atoms with Crippen LogP contribution in [0.3, 0.4) is 0 Å². The molecule has 114 valence electrons. The monoisotopic (exact) mass is 285 g/mol. The first kappa shape index (κ1) is 14.6. The quantitative estimate of drug-likeness (QED) is 0.914. The standard InChI is InChI=1S/C18H27N3/c1-18(2,3)17-20-15-12-13(8-9-16(15)21(17)4)11-14-7-5-6-10-19-14/h8-9,12,14,19H,5-7,10-11H2,1-4H3. The van der Waals surface area contributed by atoms with E-state index >= 15 is 0 Å². The first-order chi connectivity index (χ1) is 9.95. The van der Waals surface area contributed by atoms with E-state index in [1.54, 1.807) is 0 Å². The largest absolute Gasteiger partial charge is 0.331 e. The fourth-order valence-electron chi connectivity index (χ4n) is 3.43. The molecule has 1 fully saturated rings. The zero-order chi connectivity index (χ0) is 15.0. The summed E-state index contributed by atoms with van der Waals surface area (Å²) in [5, 5.41) is 3.63. The van der Waals surface area contributed by atoms with Crippen molar-refractivity contribution in [2.75, 3.05) is 6.54 Å². The molecule has 1 atom stereocenters. The number of nitrogens with zero attached hydrogens (tertiary/aromatic N) is 2. The molecule has 2 aromatic rings. The Bertz CT molecular complexity index is 628. The third-order valence-corrected chi connectivity index (χ3v) is 4.51. The van der Waals surface area contributed by atoms with E-state index in [1.165, 1.54) is 36.9 Å². The number of aromatic nitrogens is 2. The van der Waals surface area contributed by atoms with Crippen LogP contribution in [0.2, 0.25) is 0 Å². The molecule has 0 spiro atoms. The van der Waals surface area contributed by atoms with Crippen LogP contribution in [0.25, 0.3) is 11.0 Å². The van der Waals surface area contributed by atoms with Gasteiger partial charge in [-0.3, -0.25) is 0 Å². The maximum absolute atomic E-state index is 4.88. The minimum atomic E-state index is 0.0822. The molecule has 1 aliphatic rings. The van der Waals surface area contributed by atoms with Gasteiger partial charge in [-0.15, -0.1) is 0 Å². The number of hydrogen-bond acceptors (Lipinski definition) is 2. The van der Waals surface area contributed by atoms with Crippen molar-refractivity contribution in [2.24, 2.45) is 7.05 Å². The Hall–Kier alpha value is -1.35. The molecular weight excluding hydrogens is 258 g/mol. The van der Waals surface area contributed by atoms with E-state index in [9.17, 15) is 0 Å². The van der Waals surface area contributed by atoms with Gasteiger partial charge in [0.2, 0.25) is 0 Å². The molecular formula is C18H27N3. The summed E-state index contributed by atoms with van der Waals surface area (Å²) in [6.45, 7) is 7.84. The summed E-state index contributed by atoms with van der Waals surface area (Å²) in [5.41, 5.74) is 3.86. The van der Waals surface area contributed by atoms with Gasteiger partial charge in [0.25, 0.3) is 0 Å². The number of benzene rings is 1. The molecule has 1 saturated heterocycles. The lowest BCUT2D eigenvalue weighted by Crippen LogP contribution is -2.35. The molecule has 0 radical (unpaired) electrons. The number of imidazole rings is 1. The summed E-state index contributed by atoms with van der Waals surface area (Å²) < 4.78 is 2.23. The van der Waals surface area contributed by atoms with Crippen molar-refractivity contribution in [1.82, 2.24) is 14.9 Å². The van der Waals surface area contributed by atoms with Gasteiger partial charge in [-0.2, -0.15) is 0 Å². The van der Waals surface area contributed by atoms with E-state index in [0.717, 1.165) is 17.8 Å². The van der Waals surface area contributed by atoms with Gasteiger partial charge in [-0.1, -0.05) is 33.3 Å². The van der Waals surface area contributed by atoms with Crippen LogP contribution in [0, 0.1) is 0 Å². The number of fused-ring (bicyclic) bond motifs is 1. The van der Waals surface area contributed by atoms with E-state index in [4.69, 9.17) is 4.98 Å². The molecule has 3 heteroatoms. The molecule has 0 saturated carbocycles. The van der Waals surface area contributed by atoms with Crippen LogP contribution in [-0.4, -0.2) is 22.1 Å². The van der Waals surface area contributed by atoms with Crippen molar-refractivity contribution in [2.45, 2.75) is 57.9 Å². The first-order valence-corrected chi connectivity index (χ1v) is 8.14. The van der Waals surface area contributed by atoms with Crippen LogP contribution in [-0.2, 0) is 18.9 Å². The zero-order valence-corrected chi connectivity index (χ0v) is 13.7. The Morgan fingerprint density at radius 2 is 2.10 bits per heavy atom. The molecule has 2 heterocycles. The van der Waals surface area contributed by atoms with Crippen LogP contribution >= 0.6 is 0 Å². The fourth-order valence-corrected chi connectivity index (χ4v) is 3.43. The third kappa shape index (κ3) is 2.98. The number of aryl methyl sites for hydroxylation is 1. The maximum Gasteiger partial charge on any atom is 0.115 e. The topological polar surface area (TPSA) is 29.9 Å². The van der Waals surface area contributed by atoms with Crippen LogP contribution in [0.15, 0.2) is 18.2 Å². The van der Waals surface area contributed by atoms with Crippen LogP contribution in [0.5, 0.6) is 0 Å². The predicted octanol–water partition coefficient (Wildman–Crippen LogP) is 3.56. The highest BCUT2D eigenvalue weighted by Gasteiger charge is 2.21. The zero-order valence-electron chi connectivity index (χ0n) is 13.7. The Morgan fingerprint density at radius 1 is 1.29 bits per heavy atom. The highest BCUT2D eigenvalue weighted by molar-refractivity contribution is 5.77. The number of nitrogens with one attached hydrogen (secondary N) is 1. The molecule has 1 aromatic carbocycles. The Labute approximate surface area is 127 Å². The van der Waals surface area contributed by atoms with Crippen molar-refractivity contribution >= 4 is 11.0 Å². The third-order valence-electron chi connectivity index (χ3n) is 4.51. The fraction of sp³-hybridized carbons (Fsp3) is 0.611. The predicted molar refractivity (Wildman–Crippen MR) is 88.8 cm³/mol. The Morgan fingerprint density at radius 3 is 2.76 bits per heavy atom. The second kappa shape index (κ2) is 5.45. The number of hydrogen-bond donors (Lipinski definition) is 1. The van der Waals surface area contributed by atoms with Gasteiger partial charge in [0.1, 0.15) is 5.82 Å². The van der Waals surface area contributed by atoms with E-state index in [0.29, 0.717) is 6.04 Å². The Balaban J connectivity index is 1.89. The van der Waals surface area contributed by atoms with Crippen molar-refractivity contribution in [3.05, 3.63) is 29.6 Å². The smallest absolute Gasteiger partial charge is 0.115 e. The van der Waals surface area contributed by atoms with E-state index in [-0.39, 0.29) is 5.41 Å². The highest BCUT2D eigenvalue weighted by Crippen LogP contribution is 2.26. The van der Waals surface area contributed by atoms with Crippen LogP contribution in [0.1, 0.15) is 51.4 Å². The lowest BCUT2D eigenvalue weighted by Gasteiger charge is -2.23. The molecule has 0 amide bonds. The second-order valence-corrected chi connectivity index (χ2v) is 7.42. The highest BCUT2D eigenvalue weighted by atomic mass is 15.1. The average molecular weight is 285 g/mol. The molecule has 0 bridgehead atoms. The maximum atomic E-state index is 4.88. The summed E-state index contributed by atoms with van der Waals surface area (Å²) in [5.74, 6) is 1.16. The van der Waals surface area contributed by atoms with E-state index in [1.807, 2.05) is 0 Å². The molecule has 1 aromatic heterocycles.